The predicted molar refractivity (Wildman–Crippen MR) is 136 cm³/mol. The highest BCUT2D eigenvalue weighted by Gasteiger charge is 2.35. The molecule has 0 aromatic carbocycles. The molecule has 6 rings (SSSR count). The zero-order chi connectivity index (χ0) is 23.9. The van der Waals surface area contributed by atoms with Crippen molar-refractivity contribution < 1.29 is 4.74 Å². The number of aryl methyl sites for hydroxylation is 1. The van der Waals surface area contributed by atoms with Crippen molar-refractivity contribution in [3.05, 3.63) is 36.4 Å². The van der Waals surface area contributed by atoms with E-state index < -0.39 is 0 Å². The molecular formula is C25H33N9O. The van der Waals surface area contributed by atoms with Crippen LogP contribution in [-0.4, -0.2) is 98.0 Å². The lowest BCUT2D eigenvalue weighted by molar-refractivity contribution is 0.0656. The monoisotopic (exact) mass is 475 g/mol. The Labute approximate surface area is 204 Å². The number of hydrogen-bond acceptors (Lipinski definition) is 8. The van der Waals surface area contributed by atoms with Gasteiger partial charge in [0.1, 0.15) is 11.3 Å². The molecule has 2 aliphatic rings. The average Bonchev–Trinajstić information content (AvgIpc) is 3.40. The molecule has 4 aromatic rings. The topological polar surface area (TPSA) is 88.6 Å². The molecule has 0 radical (unpaired) electrons. The molecule has 10 heteroatoms. The molecule has 1 aliphatic carbocycles. The molecule has 4 aromatic heterocycles. The van der Waals surface area contributed by atoms with Crippen LogP contribution in [-0.2, 0) is 11.3 Å². The van der Waals surface area contributed by atoms with Gasteiger partial charge in [-0.15, -0.1) is 5.10 Å². The van der Waals surface area contributed by atoms with E-state index in [9.17, 15) is 0 Å². The molecule has 2 fully saturated rings. The van der Waals surface area contributed by atoms with Crippen LogP contribution in [0.3, 0.4) is 0 Å². The molecule has 184 valence electrons. The summed E-state index contributed by atoms with van der Waals surface area (Å²) in [6.07, 6.45) is 6.18. The number of nitrogens with one attached hydrogen (secondary N) is 1. The van der Waals surface area contributed by atoms with E-state index in [0.29, 0.717) is 24.6 Å². The first-order chi connectivity index (χ1) is 17.1. The van der Waals surface area contributed by atoms with Gasteiger partial charge in [-0.3, -0.25) is 4.90 Å². The minimum atomic E-state index is 0.437. The van der Waals surface area contributed by atoms with E-state index in [1.165, 1.54) is 26.2 Å². The lowest BCUT2D eigenvalue weighted by Crippen LogP contribution is -2.55. The zero-order valence-corrected chi connectivity index (χ0v) is 20.7. The van der Waals surface area contributed by atoms with Crippen molar-refractivity contribution >= 4 is 22.6 Å². The third kappa shape index (κ3) is 4.26. The standard InChI is InChI=1S/C25H33N9O/c1-17-27-22-5-4-21(29-24(22)33(17)12-13-35-3)20-6-7-34-23(20)16-26-25(30-34)28-18-14-19(15-18)32-10-8-31(2)9-11-32/h4-7,16,18-19H,8-15H2,1-3H3,(H,28,30). The van der Waals surface area contributed by atoms with E-state index in [-0.39, 0.29) is 0 Å². The van der Waals surface area contributed by atoms with Gasteiger partial charge < -0.3 is 19.5 Å². The summed E-state index contributed by atoms with van der Waals surface area (Å²) in [5.41, 5.74) is 4.59. The lowest BCUT2D eigenvalue weighted by Gasteiger charge is -2.46. The van der Waals surface area contributed by atoms with Crippen LogP contribution in [0.25, 0.3) is 27.9 Å². The summed E-state index contributed by atoms with van der Waals surface area (Å²) in [5.74, 6) is 1.62. The third-order valence-electron chi connectivity index (χ3n) is 7.50. The molecular weight excluding hydrogens is 442 g/mol. The molecule has 0 atom stereocenters. The van der Waals surface area contributed by atoms with Crippen LogP contribution in [0.5, 0.6) is 0 Å². The molecule has 0 unspecified atom stereocenters. The van der Waals surface area contributed by atoms with Crippen molar-refractivity contribution in [3.8, 4) is 11.3 Å². The molecule has 0 spiro atoms. The number of fused-ring (bicyclic) bond motifs is 2. The van der Waals surface area contributed by atoms with Crippen molar-refractivity contribution in [2.24, 2.45) is 0 Å². The maximum absolute atomic E-state index is 5.26. The number of imidazole rings is 1. The highest BCUT2D eigenvalue weighted by molar-refractivity contribution is 5.82. The van der Waals surface area contributed by atoms with Crippen LogP contribution in [0.15, 0.2) is 30.6 Å². The number of anilines is 1. The van der Waals surface area contributed by atoms with Crippen LogP contribution in [0.4, 0.5) is 5.95 Å². The number of rotatable bonds is 7. The zero-order valence-electron chi connectivity index (χ0n) is 20.7. The molecule has 1 saturated carbocycles. The first-order valence-corrected chi connectivity index (χ1v) is 12.5. The van der Waals surface area contributed by atoms with E-state index in [2.05, 4.69) is 42.8 Å². The number of hydrogen-bond donors (Lipinski definition) is 1. The molecule has 1 aliphatic heterocycles. The molecule has 0 bridgehead atoms. The van der Waals surface area contributed by atoms with E-state index in [4.69, 9.17) is 14.8 Å². The summed E-state index contributed by atoms with van der Waals surface area (Å²) >= 11 is 0. The van der Waals surface area contributed by atoms with Gasteiger partial charge in [0.05, 0.1) is 24.0 Å². The Balaban J connectivity index is 1.17. The van der Waals surface area contributed by atoms with Crippen LogP contribution in [0.2, 0.25) is 0 Å². The fourth-order valence-corrected chi connectivity index (χ4v) is 5.27. The fraction of sp³-hybridized carbons (Fsp3) is 0.520. The Morgan fingerprint density at radius 2 is 1.91 bits per heavy atom. The van der Waals surface area contributed by atoms with Crippen molar-refractivity contribution in [1.82, 2.24) is 38.9 Å². The predicted octanol–water partition coefficient (Wildman–Crippen LogP) is 2.29. The second-order valence-corrected chi connectivity index (χ2v) is 9.79. The average molecular weight is 476 g/mol. The minimum Gasteiger partial charge on any atom is -0.383 e. The van der Waals surface area contributed by atoms with Gasteiger partial charge in [-0.1, -0.05) is 0 Å². The Morgan fingerprint density at radius 1 is 1.09 bits per heavy atom. The number of aromatic nitrogens is 6. The second-order valence-electron chi connectivity index (χ2n) is 9.79. The minimum absolute atomic E-state index is 0.437. The van der Waals surface area contributed by atoms with Crippen LogP contribution in [0.1, 0.15) is 18.7 Å². The van der Waals surface area contributed by atoms with E-state index >= 15 is 0 Å². The Kier molecular flexibility index (Phi) is 5.87. The van der Waals surface area contributed by atoms with Gasteiger partial charge in [0.15, 0.2) is 5.65 Å². The van der Waals surface area contributed by atoms with Gasteiger partial charge >= 0.3 is 0 Å². The highest BCUT2D eigenvalue weighted by atomic mass is 16.5. The maximum Gasteiger partial charge on any atom is 0.241 e. The van der Waals surface area contributed by atoms with Gasteiger partial charge in [0, 0.05) is 63.7 Å². The van der Waals surface area contributed by atoms with Gasteiger partial charge in [0.2, 0.25) is 5.95 Å². The van der Waals surface area contributed by atoms with E-state index in [1.54, 1.807) is 7.11 Å². The Hall–Kier alpha value is -3.08. The van der Waals surface area contributed by atoms with Crippen molar-refractivity contribution in [1.29, 1.82) is 0 Å². The molecule has 5 heterocycles. The molecule has 35 heavy (non-hydrogen) atoms. The fourth-order valence-electron chi connectivity index (χ4n) is 5.27. The van der Waals surface area contributed by atoms with E-state index in [0.717, 1.165) is 53.1 Å². The van der Waals surface area contributed by atoms with Gasteiger partial charge in [0.25, 0.3) is 0 Å². The smallest absolute Gasteiger partial charge is 0.241 e. The normalized spacial score (nSPS) is 21.6. The molecule has 1 saturated heterocycles. The van der Waals surface area contributed by atoms with Crippen molar-refractivity contribution in [2.75, 3.05) is 52.3 Å². The Bertz CT molecular complexity index is 1330. The SMILES string of the molecule is COCCn1c(C)nc2ccc(-c3ccn4nc(NC5CC(N6CCN(C)CC6)C5)ncc34)nc21. The number of pyridine rings is 1. The van der Waals surface area contributed by atoms with Gasteiger partial charge in [-0.2, -0.15) is 0 Å². The highest BCUT2D eigenvalue weighted by Crippen LogP contribution is 2.30. The number of ether oxygens (including phenoxy) is 1. The summed E-state index contributed by atoms with van der Waals surface area (Å²) in [5, 5.41) is 8.26. The van der Waals surface area contributed by atoms with Crippen LogP contribution in [0, 0.1) is 6.92 Å². The van der Waals surface area contributed by atoms with Crippen molar-refractivity contribution in [3.63, 3.8) is 0 Å². The first-order valence-electron chi connectivity index (χ1n) is 12.5. The second kappa shape index (κ2) is 9.18. The third-order valence-corrected chi connectivity index (χ3v) is 7.50. The van der Waals surface area contributed by atoms with Crippen molar-refractivity contribution in [2.45, 2.75) is 38.4 Å². The molecule has 10 nitrogen and oxygen atoms in total. The number of likely N-dealkylation sites (N-methyl/N-ethyl adjacent to an activating group) is 1. The summed E-state index contributed by atoms with van der Waals surface area (Å²) < 4.78 is 9.26. The van der Waals surface area contributed by atoms with Crippen LogP contribution < -0.4 is 5.32 Å². The van der Waals surface area contributed by atoms with Crippen LogP contribution >= 0.6 is 0 Å². The number of methoxy groups -OCH3 is 1. The Morgan fingerprint density at radius 3 is 2.71 bits per heavy atom. The van der Waals surface area contributed by atoms with Gasteiger partial charge in [-0.25, -0.2) is 19.5 Å². The largest absolute Gasteiger partial charge is 0.383 e. The summed E-state index contributed by atoms with van der Waals surface area (Å²) in [6, 6.07) is 7.22. The first kappa shape index (κ1) is 22.4. The maximum atomic E-state index is 5.26. The summed E-state index contributed by atoms with van der Waals surface area (Å²) in [7, 11) is 3.91. The number of piperazine rings is 1. The summed E-state index contributed by atoms with van der Waals surface area (Å²) in [6.45, 7) is 8.03. The van der Waals surface area contributed by atoms with Gasteiger partial charge in [-0.05, 0) is 45.0 Å². The van der Waals surface area contributed by atoms with E-state index in [1.807, 2.05) is 36.0 Å². The summed E-state index contributed by atoms with van der Waals surface area (Å²) in [4.78, 5) is 19.3. The number of nitrogens with zero attached hydrogens (tertiary/aromatic N) is 8. The molecule has 1 N–H and O–H groups in total. The molecule has 0 amide bonds. The lowest BCUT2D eigenvalue weighted by atomic mass is 9.85. The quantitative estimate of drug-likeness (QED) is 0.436.